The number of aliphatic hydroxyl groups is 1. The number of amides is 1. The Morgan fingerprint density at radius 1 is 1.29 bits per heavy atom. The Balaban J connectivity index is 4.31. The topological polar surface area (TPSA) is 84.9 Å². The molecule has 0 aromatic rings. The molecule has 0 bridgehead atoms. The first kappa shape index (κ1) is 15.7. The van der Waals surface area contributed by atoms with Gasteiger partial charge in [-0.25, -0.2) is 9.59 Å². The van der Waals surface area contributed by atoms with Crippen molar-refractivity contribution in [3.05, 3.63) is 0 Å². The van der Waals surface area contributed by atoms with Crippen LogP contribution < -0.4 is 5.32 Å². The summed E-state index contributed by atoms with van der Waals surface area (Å²) in [4.78, 5) is 22.8. The van der Waals surface area contributed by atoms with Crippen LogP contribution in [0.4, 0.5) is 4.79 Å². The fourth-order valence-corrected chi connectivity index (χ4v) is 0.943. The van der Waals surface area contributed by atoms with Crippen LogP contribution in [0.5, 0.6) is 0 Å². The molecule has 0 rings (SSSR count). The fraction of sp³-hybridized carbons (Fsp3) is 0.818. The van der Waals surface area contributed by atoms with Crippen molar-refractivity contribution in [1.82, 2.24) is 5.32 Å². The molecule has 0 saturated heterocycles. The lowest BCUT2D eigenvalue weighted by Gasteiger charge is -2.22. The van der Waals surface area contributed by atoms with E-state index >= 15 is 0 Å². The summed E-state index contributed by atoms with van der Waals surface area (Å²) in [6.07, 6.45) is -1.07. The smallest absolute Gasteiger partial charge is 0.408 e. The highest BCUT2D eigenvalue weighted by atomic mass is 16.6. The van der Waals surface area contributed by atoms with Crippen molar-refractivity contribution < 1.29 is 24.2 Å². The summed E-state index contributed by atoms with van der Waals surface area (Å²) in [5.74, 6) is -0.687. The number of rotatable bonds is 4. The molecule has 0 spiro atoms. The molecule has 0 fully saturated rings. The third-order valence-electron chi connectivity index (χ3n) is 1.51. The second-order valence-electron chi connectivity index (χ2n) is 4.87. The van der Waals surface area contributed by atoms with Gasteiger partial charge in [-0.15, -0.1) is 0 Å². The maximum atomic E-state index is 11.4. The first-order chi connectivity index (χ1) is 7.65. The van der Waals surface area contributed by atoms with E-state index in [-0.39, 0.29) is 6.10 Å². The average molecular weight is 247 g/mol. The van der Waals surface area contributed by atoms with E-state index in [0.29, 0.717) is 0 Å². The van der Waals surface area contributed by atoms with Crippen LogP contribution in [0.2, 0.25) is 0 Å². The van der Waals surface area contributed by atoms with Gasteiger partial charge in [-0.05, 0) is 34.6 Å². The van der Waals surface area contributed by atoms with Crippen molar-refractivity contribution in [3.63, 3.8) is 0 Å². The van der Waals surface area contributed by atoms with Crippen LogP contribution in [0.15, 0.2) is 0 Å². The predicted octanol–water partition coefficient (Wildman–Crippen LogP) is 0.824. The van der Waals surface area contributed by atoms with Gasteiger partial charge in [-0.2, -0.15) is 0 Å². The van der Waals surface area contributed by atoms with Crippen LogP contribution >= 0.6 is 0 Å². The van der Waals surface area contributed by atoms with Gasteiger partial charge in [-0.3, -0.25) is 0 Å². The first-order valence-electron chi connectivity index (χ1n) is 5.46. The van der Waals surface area contributed by atoms with Gasteiger partial charge in [0.05, 0.1) is 12.7 Å². The van der Waals surface area contributed by atoms with Crippen LogP contribution in [0.3, 0.4) is 0 Å². The standard InChI is InChI=1S/C11H21NO5/c1-7(2)16-9(14)8(6-13)12-10(15)17-11(3,4)5/h7-8,13H,6H2,1-5H3,(H,12,15)/t8-/m1/s1. The number of hydrogen-bond donors (Lipinski definition) is 2. The van der Waals surface area contributed by atoms with E-state index in [1.54, 1.807) is 34.6 Å². The second-order valence-corrected chi connectivity index (χ2v) is 4.87. The zero-order chi connectivity index (χ0) is 13.6. The molecule has 0 aromatic heterocycles. The van der Waals surface area contributed by atoms with Crippen LogP contribution in [-0.2, 0) is 14.3 Å². The fourth-order valence-electron chi connectivity index (χ4n) is 0.943. The lowest BCUT2D eigenvalue weighted by atomic mass is 10.2. The van der Waals surface area contributed by atoms with Crippen molar-refractivity contribution in [1.29, 1.82) is 0 Å². The Hall–Kier alpha value is -1.30. The molecule has 0 heterocycles. The molecular formula is C11H21NO5. The SMILES string of the molecule is CC(C)OC(=O)[C@@H](CO)NC(=O)OC(C)(C)C. The summed E-state index contributed by atoms with van der Waals surface area (Å²) >= 11 is 0. The number of esters is 1. The molecule has 6 nitrogen and oxygen atoms in total. The summed E-state index contributed by atoms with van der Waals surface area (Å²) in [5.41, 5.74) is -0.661. The minimum atomic E-state index is -1.10. The molecule has 0 unspecified atom stereocenters. The summed E-state index contributed by atoms with van der Waals surface area (Å²) < 4.78 is 9.82. The number of hydrogen-bond acceptors (Lipinski definition) is 5. The van der Waals surface area contributed by atoms with E-state index in [4.69, 9.17) is 14.6 Å². The summed E-state index contributed by atoms with van der Waals surface area (Å²) in [6.45, 7) is 7.93. The highest BCUT2D eigenvalue weighted by molar-refractivity contribution is 5.81. The molecule has 0 radical (unpaired) electrons. The van der Waals surface area contributed by atoms with Gasteiger partial charge >= 0.3 is 12.1 Å². The number of alkyl carbamates (subject to hydrolysis) is 1. The van der Waals surface area contributed by atoms with E-state index in [1.165, 1.54) is 0 Å². The van der Waals surface area contributed by atoms with E-state index in [0.717, 1.165) is 0 Å². The molecule has 1 amide bonds. The van der Waals surface area contributed by atoms with Crippen molar-refractivity contribution >= 4 is 12.1 Å². The summed E-state index contributed by atoms with van der Waals surface area (Å²) in [6, 6.07) is -1.10. The lowest BCUT2D eigenvalue weighted by Crippen LogP contribution is -2.46. The molecule has 2 N–H and O–H groups in total. The van der Waals surface area contributed by atoms with Gasteiger partial charge < -0.3 is 19.9 Å². The third-order valence-corrected chi connectivity index (χ3v) is 1.51. The average Bonchev–Trinajstić information content (AvgIpc) is 2.09. The quantitative estimate of drug-likeness (QED) is 0.718. The Kier molecular flexibility index (Phi) is 5.95. The minimum absolute atomic E-state index is 0.308. The normalized spacial score (nSPS) is 13.1. The molecule has 100 valence electrons. The molecule has 6 heteroatoms. The molecule has 0 aliphatic carbocycles. The monoisotopic (exact) mass is 247 g/mol. The molecular weight excluding hydrogens is 226 g/mol. The molecule has 0 aliphatic heterocycles. The highest BCUT2D eigenvalue weighted by Crippen LogP contribution is 2.07. The number of carbonyl (C=O) groups excluding carboxylic acids is 2. The van der Waals surface area contributed by atoms with Crippen molar-refractivity contribution in [3.8, 4) is 0 Å². The van der Waals surface area contributed by atoms with Crippen molar-refractivity contribution in [2.45, 2.75) is 52.4 Å². The van der Waals surface area contributed by atoms with E-state index in [1.807, 2.05) is 0 Å². The highest BCUT2D eigenvalue weighted by Gasteiger charge is 2.25. The Bertz CT molecular complexity index is 270. The van der Waals surface area contributed by atoms with Crippen molar-refractivity contribution in [2.75, 3.05) is 6.61 Å². The van der Waals surface area contributed by atoms with Gasteiger partial charge in [0.1, 0.15) is 5.60 Å². The van der Waals surface area contributed by atoms with Crippen LogP contribution in [0, 0.1) is 0 Å². The van der Waals surface area contributed by atoms with E-state index < -0.39 is 30.3 Å². The zero-order valence-electron chi connectivity index (χ0n) is 10.9. The second kappa shape index (κ2) is 6.44. The molecule has 0 saturated carbocycles. The van der Waals surface area contributed by atoms with Gasteiger partial charge in [0, 0.05) is 0 Å². The molecule has 0 aromatic carbocycles. The van der Waals surface area contributed by atoms with Crippen LogP contribution in [-0.4, -0.2) is 41.5 Å². The first-order valence-corrected chi connectivity index (χ1v) is 5.46. The molecule has 0 aliphatic rings. The maximum absolute atomic E-state index is 11.4. The number of ether oxygens (including phenoxy) is 2. The number of carbonyl (C=O) groups is 2. The Morgan fingerprint density at radius 3 is 2.18 bits per heavy atom. The predicted molar refractivity (Wildman–Crippen MR) is 61.5 cm³/mol. The summed E-state index contributed by atoms with van der Waals surface area (Å²) in [5, 5.41) is 11.2. The maximum Gasteiger partial charge on any atom is 0.408 e. The molecule has 17 heavy (non-hydrogen) atoms. The van der Waals surface area contributed by atoms with Gasteiger partial charge in [0.25, 0.3) is 0 Å². The van der Waals surface area contributed by atoms with Gasteiger partial charge in [0.2, 0.25) is 0 Å². The third kappa shape index (κ3) is 7.57. The zero-order valence-corrected chi connectivity index (χ0v) is 10.9. The van der Waals surface area contributed by atoms with Gasteiger partial charge in [-0.1, -0.05) is 0 Å². The minimum Gasteiger partial charge on any atom is -0.461 e. The number of aliphatic hydroxyl groups excluding tert-OH is 1. The number of nitrogens with one attached hydrogen (secondary N) is 1. The Morgan fingerprint density at radius 2 is 1.82 bits per heavy atom. The van der Waals surface area contributed by atoms with E-state index in [2.05, 4.69) is 5.32 Å². The van der Waals surface area contributed by atoms with E-state index in [9.17, 15) is 9.59 Å². The van der Waals surface area contributed by atoms with Crippen LogP contribution in [0.1, 0.15) is 34.6 Å². The largest absolute Gasteiger partial charge is 0.461 e. The van der Waals surface area contributed by atoms with Crippen molar-refractivity contribution in [2.24, 2.45) is 0 Å². The van der Waals surface area contributed by atoms with Gasteiger partial charge in [0.15, 0.2) is 6.04 Å². The summed E-state index contributed by atoms with van der Waals surface area (Å²) in [7, 11) is 0. The Labute approximate surface area is 101 Å². The lowest BCUT2D eigenvalue weighted by molar-refractivity contribution is -0.151. The molecule has 1 atom stereocenters. The van der Waals surface area contributed by atoms with Crippen LogP contribution in [0.25, 0.3) is 0 Å².